The molecule has 1 amide bonds. The van der Waals surface area contributed by atoms with Crippen LogP contribution < -0.4 is 5.32 Å². The molecule has 8 nitrogen and oxygen atoms in total. The van der Waals surface area contributed by atoms with Gasteiger partial charge in [0.15, 0.2) is 0 Å². The third-order valence-electron chi connectivity index (χ3n) is 5.81. The Morgan fingerprint density at radius 2 is 1.62 bits per heavy atom. The molecule has 0 bridgehead atoms. The fourth-order valence-electron chi connectivity index (χ4n) is 3.83. The van der Waals surface area contributed by atoms with Crippen LogP contribution in [-0.4, -0.2) is 50.9 Å². The van der Waals surface area contributed by atoms with Crippen molar-refractivity contribution in [1.82, 2.24) is 4.31 Å². The lowest BCUT2D eigenvalue weighted by atomic mass is 10.1. The molecule has 1 fully saturated rings. The number of esters is 1. The van der Waals surface area contributed by atoms with Crippen molar-refractivity contribution in [3.63, 3.8) is 0 Å². The summed E-state index contributed by atoms with van der Waals surface area (Å²) in [6, 6.07) is 15.5. The average molecular weight is 583 g/mol. The Morgan fingerprint density at radius 3 is 2.23 bits per heavy atom. The summed E-state index contributed by atoms with van der Waals surface area (Å²) < 4.78 is 78.1. The van der Waals surface area contributed by atoms with Gasteiger partial charge in [-0.25, -0.2) is 13.2 Å². The van der Waals surface area contributed by atoms with Crippen LogP contribution >= 0.6 is 11.6 Å². The van der Waals surface area contributed by atoms with Gasteiger partial charge in [0, 0.05) is 23.7 Å². The maximum Gasteiger partial charge on any atom is 0.418 e. The van der Waals surface area contributed by atoms with Gasteiger partial charge >= 0.3 is 12.1 Å². The van der Waals surface area contributed by atoms with Crippen LogP contribution in [0.3, 0.4) is 0 Å². The number of alkyl halides is 3. The lowest BCUT2D eigenvalue weighted by Crippen LogP contribution is -2.40. The molecule has 1 heterocycles. The van der Waals surface area contributed by atoms with E-state index in [-0.39, 0.29) is 47.3 Å². The molecule has 1 saturated heterocycles. The normalized spacial score (nSPS) is 15.4. The Labute approximate surface area is 227 Å². The van der Waals surface area contributed by atoms with Gasteiger partial charge < -0.3 is 14.8 Å². The zero-order chi connectivity index (χ0) is 28.2. The molecule has 39 heavy (non-hydrogen) atoms. The number of carbonyl (C=O) groups excluding carboxylic acids is 2. The number of carbonyl (C=O) groups is 2. The van der Waals surface area contributed by atoms with Crippen molar-refractivity contribution in [2.24, 2.45) is 0 Å². The van der Waals surface area contributed by atoms with E-state index in [1.165, 1.54) is 46.8 Å². The molecular formula is C26H22ClF3N2O6S. The fraction of sp³-hybridized carbons (Fsp3) is 0.231. The topological polar surface area (TPSA) is 102 Å². The largest absolute Gasteiger partial charge is 0.444 e. The van der Waals surface area contributed by atoms with E-state index < -0.39 is 45.4 Å². The molecule has 1 N–H and O–H groups in total. The Kier molecular flexibility index (Phi) is 8.60. The maximum absolute atomic E-state index is 13.5. The van der Waals surface area contributed by atoms with Crippen LogP contribution in [0.1, 0.15) is 27.6 Å². The van der Waals surface area contributed by atoms with Crippen LogP contribution in [0.2, 0.25) is 5.02 Å². The smallest absolute Gasteiger partial charge is 0.418 e. The molecule has 0 radical (unpaired) electrons. The van der Waals surface area contributed by atoms with Gasteiger partial charge in [-0.05, 0) is 42.5 Å². The van der Waals surface area contributed by atoms with Gasteiger partial charge in [0.2, 0.25) is 16.1 Å². The van der Waals surface area contributed by atoms with Gasteiger partial charge in [-0.15, -0.1) is 0 Å². The number of amides is 1. The summed E-state index contributed by atoms with van der Waals surface area (Å²) in [6.45, 7) is 0.938. The summed E-state index contributed by atoms with van der Waals surface area (Å²) in [5.41, 5.74) is -1.59. The Balaban J connectivity index is 1.56. The van der Waals surface area contributed by atoms with Crippen molar-refractivity contribution in [2.45, 2.75) is 17.2 Å². The molecule has 3 aromatic carbocycles. The number of sulfonamides is 1. The molecule has 0 aliphatic carbocycles. The van der Waals surface area contributed by atoms with E-state index in [1.807, 2.05) is 0 Å². The minimum Gasteiger partial charge on any atom is -0.444 e. The standard InChI is InChI=1S/C26H22ClF3N2O6S/c27-19-8-11-22(21(16-19)26(28,29)30)31-24(33)23(17-4-2-1-3-5-17)38-25(34)18-6-9-20(10-7-18)39(35,36)32-12-14-37-15-13-32/h1-11,16,23H,12-15H2,(H,31,33)/t23-/m0/s1. The van der Waals surface area contributed by atoms with Crippen molar-refractivity contribution >= 4 is 39.2 Å². The number of nitrogens with zero attached hydrogens (tertiary/aromatic N) is 1. The summed E-state index contributed by atoms with van der Waals surface area (Å²) in [7, 11) is -3.80. The summed E-state index contributed by atoms with van der Waals surface area (Å²) in [5.74, 6) is -2.02. The van der Waals surface area contributed by atoms with Crippen LogP contribution in [0.15, 0.2) is 77.7 Å². The number of rotatable bonds is 7. The Bertz CT molecular complexity index is 1440. The van der Waals surface area contributed by atoms with E-state index in [2.05, 4.69) is 5.32 Å². The number of hydrogen-bond acceptors (Lipinski definition) is 6. The molecule has 206 valence electrons. The van der Waals surface area contributed by atoms with Gasteiger partial charge in [-0.3, -0.25) is 4.79 Å². The molecule has 1 aliphatic heterocycles. The summed E-state index contributed by atoms with van der Waals surface area (Å²) >= 11 is 5.71. The minimum absolute atomic E-state index is 0.0410. The van der Waals surface area contributed by atoms with E-state index in [1.54, 1.807) is 18.2 Å². The van der Waals surface area contributed by atoms with E-state index in [0.29, 0.717) is 6.07 Å². The summed E-state index contributed by atoms with van der Waals surface area (Å²) in [5, 5.41) is 2.00. The number of benzene rings is 3. The number of morpholine rings is 1. The zero-order valence-corrected chi connectivity index (χ0v) is 21.7. The molecule has 0 saturated carbocycles. The molecule has 4 rings (SSSR count). The third-order valence-corrected chi connectivity index (χ3v) is 7.96. The van der Waals surface area contributed by atoms with Crippen molar-refractivity contribution in [3.8, 4) is 0 Å². The molecule has 0 aromatic heterocycles. The Hall–Kier alpha value is -3.45. The predicted molar refractivity (Wildman–Crippen MR) is 136 cm³/mol. The molecule has 13 heteroatoms. The van der Waals surface area contributed by atoms with E-state index >= 15 is 0 Å². The van der Waals surface area contributed by atoms with Crippen LogP contribution in [0.25, 0.3) is 0 Å². The highest BCUT2D eigenvalue weighted by Crippen LogP contribution is 2.37. The number of hydrogen-bond donors (Lipinski definition) is 1. The second-order valence-corrected chi connectivity index (χ2v) is 10.8. The highest BCUT2D eigenvalue weighted by atomic mass is 35.5. The molecule has 0 spiro atoms. The number of anilines is 1. The quantitative estimate of drug-likeness (QED) is 0.397. The summed E-state index contributed by atoms with van der Waals surface area (Å²) in [6.07, 6.45) is -6.43. The first-order valence-corrected chi connectivity index (χ1v) is 13.4. The SMILES string of the molecule is O=C(O[C@H](C(=O)Nc1ccc(Cl)cc1C(F)(F)F)c1ccccc1)c1ccc(S(=O)(=O)N2CCOCC2)cc1. The molecule has 1 atom stereocenters. The van der Waals surface area contributed by atoms with Crippen molar-refractivity contribution < 1.29 is 40.7 Å². The Morgan fingerprint density at radius 1 is 0.974 bits per heavy atom. The van der Waals surface area contributed by atoms with Gasteiger partial charge in [0.25, 0.3) is 5.91 Å². The van der Waals surface area contributed by atoms with E-state index in [0.717, 1.165) is 6.07 Å². The van der Waals surface area contributed by atoms with Crippen LogP contribution in [0.4, 0.5) is 18.9 Å². The highest BCUT2D eigenvalue weighted by Gasteiger charge is 2.35. The van der Waals surface area contributed by atoms with Crippen LogP contribution in [-0.2, 0) is 30.5 Å². The second kappa shape index (κ2) is 11.7. The van der Waals surface area contributed by atoms with Gasteiger partial charge in [0.1, 0.15) is 0 Å². The maximum atomic E-state index is 13.5. The number of nitrogens with one attached hydrogen (secondary N) is 1. The number of halogens is 4. The second-order valence-electron chi connectivity index (χ2n) is 8.41. The fourth-order valence-corrected chi connectivity index (χ4v) is 5.41. The van der Waals surface area contributed by atoms with Gasteiger partial charge in [0.05, 0.1) is 34.9 Å². The van der Waals surface area contributed by atoms with Gasteiger partial charge in [-0.2, -0.15) is 17.5 Å². The van der Waals surface area contributed by atoms with Crippen molar-refractivity contribution in [1.29, 1.82) is 0 Å². The first kappa shape index (κ1) is 28.6. The molecule has 0 unspecified atom stereocenters. The highest BCUT2D eigenvalue weighted by molar-refractivity contribution is 7.89. The molecular weight excluding hydrogens is 561 g/mol. The predicted octanol–water partition coefficient (Wildman–Crippen LogP) is 4.92. The first-order valence-electron chi connectivity index (χ1n) is 11.6. The molecule has 3 aromatic rings. The lowest BCUT2D eigenvalue weighted by Gasteiger charge is -2.26. The first-order chi connectivity index (χ1) is 18.5. The zero-order valence-electron chi connectivity index (χ0n) is 20.2. The van der Waals surface area contributed by atoms with Crippen LogP contribution in [0, 0.1) is 0 Å². The van der Waals surface area contributed by atoms with E-state index in [4.69, 9.17) is 21.1 Å². The van der Waals surface area contributed by atoms with Crippen LogP contribution in [0.5, 0.6) is 0 Å². The monoisotopic (exact) mass is 582 g/mol. The number of ether oxygens (including phenoxy) is 2. The van der Waals surface area contributed by atoms with Crippen molar-refractivity contribution in [2.75, 3.05) is 31.6 Å². The summed E-state index contributed by atoms with van der Waals surface area (Å²) in [4.78, 5) is 26.0. The van der Waals surface area contributed by atoms with Crippen molar-refractivity contribution in [3.05, 3.63) is 94.5 Å². The minimum atomic E-state index is -4.81. The third kappa shape index (κ3) is 6.77. The van der Waals surface area contributed by atoms with E-state index in [9.17, 15) is 31.2 Å². The molecule has 1 aliphatic rings. The van der Waals surface area contributed by atoms with Gasteiger partial charge in [-0.1, -0.05) is 41.9 Å². The average Bonchev–Trinajstić information content (AvgIpc) is 2.93. The lowest BCUT2D eigenvalue weighted by molar-refractivity contribution is -0.137.